The number of aromatic nitrogens is 1. The summed E-state index contributed by atoms with van der Waals surface area (Å²) >= 11 is 3.04. The zero-order chi connectivity index (χ0) is 17.6. The number of hydrogen-bond donors (Lipinski definition) is 1. The smallest absolute Gasteiger partial charge is 0.239 e. The molecule has 0 spiro atoms. The molecule has 0 bridgehead atoms. The molecule has 2 aromatic carbocycles. The molecule has 1 amide bonds. The molecule has 1 atom stereocenters. The summed E-state index contributed by atoms with van der Waals surface area (Å²) in [6.45, 7) is 4.60. The third-order valence-corrected chi connectivity index (χ3v) is 5.90. The van der Waals surface area contributed by atoms with Crippen LogP contribution in [0.2, 0.25) is 0 Å². The molecule has 0 aliphatic heterocycles. The maximum Gasteiger partial charge on any atom is 0.239 e. The summed E-state index contributed by atoms with van der Waals surface area (Å²) in [5, 5.41) is 3.44. The predicted molar refractivity (Wildman–Crippen MR) is 106 cm³/mol. The Morgan fingerprint density at radius 2 is 2.04 bits per heavy atom. The topological polar surface area (TPSA) is 51.2 Å². The van der Waals surface area contributed by atoms with E-state index in [0.29, 0.717) is 11.7 Å². The molecule has 0 saturated heterocycles. The van der Waals surface area contributed by atoms with E-state index in [-0.39, 0.29) is 11.2 Å². The van der Waals surface area contributed by atoms with Crippen LogP contribution in [0, 0.1) is 0 Å². The lowest BCUT2D eigenvalue weighted by Crippen LogP contribution is -2.24. The van der Waals surface area contributed by atoms with Gasteiger partial charge in [0.15, 0.2) is 5.13 Å². The zero-order valence-corrected chi connectivity index (χ0v) is 15.8. The summed E-state index contributed by atoms with van der Waals surface area (Å²) in [7, 11) is 0. The second-order valence-electron chi connectivity index (χ2n) is 5.40. The van der Waals surface area contributed by atoms with Gasteiger partial charge in [0.1, 0.15) is 5.75 Å². The van der Waals surface area contributed by atoms with Crippen molar-refractivity contribution < 1.29 is 9.53 Å². The number of hydrogen-bond acceptors (Lipinski definition) is 5. The van der Waals surface area contributed by atoms with Crippen LogP contribution in [0.1, 0.15) is 20.3 Å². The zero-order valence-electron chi connectivity index (χ0n) is 14.2. The van der Waals surface area contributed by atoms with Gasteiger partial charge >= 0.3 is 0 Å². The summed E-state index contributed by atoms with van der Waals surface area (Å²) in [5.41, 5.74) is 0.868. The molecule has 0 aliphatic carbocycles. The number of nitrogens with zero attached hydrogens (tertiary/aromatic N) is 1. The molecule has 1 unspecified atom stereocenters. The van der Waals surface area contributed by atoms with Crippen LogP contribution < -0.4 is 10.1 Å². The molecule has 1 heterocycles. The standard InChI is InChI=1S/C19H20N2O2S2/c1-3-16(24-14-8-6-5-7-9-14)18(22)21-19-20-15-11-10-13(23-4-2)12-17(15)25-19/h5-12,16H,3-4H2,1-2H3,(H,20,21,22). The lowest BCUT2D eigenvalue weighted by molar-refractivity contribution is -0.115. The van der Waals surface area contributed by atoms with E-state index in [1.54, 1.807) is 11.8 Å². The van der Waals surface area contributed by atoms with Crippen LogP contribution in [-0.2, 0) is 4.79 Å². The fraction of sp³-hybridized carbons (Fsp3) is 0.263. The Hall–Kier alpha value is -2.05. The number of carbonyl (C=O) groups excluding carboxylic acids is 1. The lowest BCUT2D eigenvalue weighted by Gasteiger charge is -2.13. The number of carbonyl (C=O) groups is 1. The first kappa shape index (κ1) is 17.8. The first-order valence-electron chi connectivity index (χ1n) is 8.25. The van der Waals surface area contributed by atoms with E-state index in [1.807, 2.05) is 62.4 Å². The van der Waals surface area contributed by atoms with Crippen LogP contribution in [0.4, 0.5) is 5.13 Å². The van der Waals surface area contributed by atoms with Crippen molar-refractivity contribution in [2.24, 2.45) is 0 Å². The lowest BCUT2D eigenvalue weighted by atomic mass is 10.3. The summed E-state index contributed by atoms with van der Waals surface area (Å²) < 4.78 is 6.52. The van der Waals surface area contributed by atoms with Gasteiger partial charge in [-0.3, -0.25) is 4.79 Å². The van der Waals surface area contributed by atoms with Gasteiger partial charge < -0.3 is 10.1 Å². The van der Waals surface area contributed by atoms with Crippen LogP contribution >= 0.6 is 23.1 Å². The highest BCUT2D eigenvalue weighted by atomic mass is 32.2. The van der Waals surface area contributed by atoms with Gasteiger partial charge in [0, 0.05) is 4.90 Å². The Morgan fingerprint density at radius 1 is 1.24 bits per heavy atom. The minimum atomic E-state index is -0.145. The number of fused-ring (bicyclic) bond motifs is 1. The largest absolute Gasteiger partial charge is 0.494 e. The van der Waals surface area contributed by atoms with Gasteiger partial charge in [0.05, 0.1) is 22.1 Å². The van der Waals surface area contributed by atoms with Crippen molar-refractivity contribution in [2.75, 3.05) is 11.9 Å². The molecule has 4 nitrogen and oxygen atoms in total. The maximum atomic E-state index is 12.6. The van der Waals surface area contributed by atoms with Gasteiger partial charge in [0.25, 0.3) is 0 Å². The molecule has 3 rings (SSSR count). The number of amides is 1. The Labute approximate surface area is 155 Å². The third kappa shape index (κ3) is 4.52. The fourth-order valence-corrected chi connectivity index (χ4v) is 4.26. The molecule has 3 aromatic rings. The summed E-state index contributed by atoms with van der Waals surface area (Å²) in [6, 6.07) is 15.8. The van der Waals surface area contributed by atoms with E-state index < -0.39 is 0 Å². The molecule has 0 saturated carbocycles. The van der Waals surface area contributed by atoms with E-state index in [2.05, 4.69) is 10.3 Å². The minimum Gasteiger partial charge on any atom is -0.494 e. The van der Waals surface area contributed by atoms with Crippen LogP contribution in [0.25, 0.3) is 10.2 Å². The Balaban J connectivity index is 1.71. The van der Waals surface area contributed by atoms with Crippen LogP contribution in [0.3, 0.4) is 0 Å². The first-order chi connectivity index (χ1) is 12.2. The Morgan fingerprint density at radius 3 is 2.76 bits per heavy atom. The molecule has 0 fully saturated rings. The average molecular weight is 373 g/mol. The number of benzene rings is 2. The molecular weight excluding hydrogens is 352 g/mol. The molecule has 0 aliphatic rings. The summed E-state index contributed by atoms with van der Waals surface area (Å²) in [4.78, 5) is 18.2. The van der Waals surface area contributed by atoms with Gasteiger partial charge in [-0.2, -0.15) is 0 Å². The van der Waals surface area contributed by atoms with E-state index in [4.69, 9.17) is 4.74 Å². The van der Waals surface area contributed by atoms with E-state index >= 15 is 0 Å². The van der Waals surface area contributed by atoms with Crippen molar-refractivity contribution in [1.82, 2.24) is 4.98 Å². The minimum absolute atomic E-state index is 0.0135. The van der Waals surface area contributed by atoms with Crippen LogP contribution in [0.5, 0.6) is 5.75 Å². The van der Waals surface area contributed by atoms with Crippen molar-refractivity contribution in [3.05, 3.63) is 48.5 Å². The van der Waals surface area contributed by atoms with E-state index in [9.17, 15) is 4.79 Å². The fourth-order valence-electron chi connectivity index (χ4n) is 2.39. The van der Waals surface area contributed by atoms with Crippen molar-refractivity contribution >= 4 is 44.4 Å². The number of thiazole rings is 1. The first-order valence-corrected chi connectivity index (χ1v) is 9.95. The number of anilines is 1. The highest BCUT2D eigenvalue weighted by Crippen LogP contribution is 2.31. The third-order valence-electron chi connectivity index (χ3n) is 3.59. The van der Waals surface area contributed by atoms with Gasteiger partial charge in [0.2, 0.25) is 5.91 Å². The van der Waals surface area contributed by atoms with Gasteiger partial charge in [-0.25, -0.2) is 4.98 Å². The predicted octanol–water partition coefficient (Wildman–Crippen LogP) is 5.20. The SMILES string of the molecule is CCOc1ccc2nc(NC(=O)C(CC)Sc3ccccc3)sc2c1. The molecule has 25 heavy (non-hydrogen) atoms. The van der Waals surface area contributed by atoms with Crippen LogP contribution in [0.15, 0.2) is 53.4 Å². The molecule has 0 radical (unpaired) electrons. The Bertz CT molecular complexity index is 849. The summed E-state index contributed by atoms with van der Waals surface area (Å²) in [5.74, 6) is 0.808. The Kier molecular flexibility index (Phi) is 5.94. The normalized spacial score (nSPS) is 12.1. The van der Waals surface area contributed by atoms with Gasteiger partial charge in [-0.15, -0.1) is 11.8 Å². The quantitative estimate of drug-likeness (QED) is 0.579. The van der Waals surface area contributed by atoms with Crippen molar-refractivity contribution in [3.63, 3.8) is 0 Å². The second-order valence-corrected chi connectivity index (χ2v) is 7.71. The van der Waals surface area contributed by atoms with Crippen molar-refractivity contribution in [3.8, 4) is 5.75 Å². The number of nitrogens with one attached hydrogen (secondary N) is 1. The molecule has 1 aromatic heterocycles. The van der Waals surface area contributed by atoms with Gasteiger partial charge in [-0.05, 0) is 43.7 Å². The van der Waals surface area contributed by atoms with Gasteiger partial charge in [-0.1, -0.05) is 36.5 Å². The molecule has 6 heteroatoms. The van der Waals surface area contributed by atoms with Crippen LogP contribution in [-0.4, -0.2) is 22.7 Å². The highest BCUT2D eigenvalue weighted by Gasteiger charge is 2.19. The number of rotatable bonds is 7. The highest BCUT2D eigenvalue weighted by molar-refractivity contribution is 8.00. The molecule has 130 valence electrons. The van der Waals surface area contributed by atoms with Crippen molar-refractivity contribution in [2.45, 2.75) is 30.4 Å². The number of thioether (sulfide) groups is 1. The van der Waals surface area contributed by atoms with Crippen molar-refractivity contribution in [1.29, 1.82) is 0 Å². The molecular formula is C19H20N2O2S2. The van der Waals surface area contributed by atoms with E-state index in [0.717, 1.165) is 27.3 Å². The molecule has 1 N–H and O–H groups in total. The maximum absolute atomic E-state index is 12.6. The monoisotopic (exact) mass is 372 g/mol. The number of ether oxygens (including phenoxy) is 1. The average Bonchev–Trinajstić information content (AvgIpc) is 3.02. The second kappa shape index (κ2) is 8.36. The van der Waals surface area contributed by atoms with E-state index in [1.165, 1.54) is 11.3 Å². The summed E-state index contributed by atoms with van der Waals surface area (Å²) in [6.07, 6.45) is 0.755.